The molecule has 0 radical (unpaired) electrons. The molecule has 2 atom stereocenters. The molecule has 2 aromatic rings. The Morgan fingerprint density at radius 1 is 0.971 bits per heavy atom. The van der Waals surface area contributed by atoms with E-state index >= 15 is 0 Å². The van der Waals surface area contributed by atoms with Crippen LogP contribution >= 0.6 is 0 Å². The zero-order valence-electron chi connectivity index (χ0n) is 19.6. The van der Waals surface area contributed by atoms with Gasteiger partial charge in [-0.05, 0) is 35.6 Å². The van der Waals surface area contributed by atoms with Crippen LogP contribution < -0.4 is 10.6 Å². The molecule has 182 valence electrons. The number of alkyl carbamates (subject to hydrolysis) is 1. The van der Waals surface area contributed by atoms with Gasteiger partial charge in [0.25, 0.3) is 0 Å². The predicted octanol–water partition coefficient (Wildman–Crippen LogP) is 3.69. The Kier molecular flexibility index (Phi) is 9.04. The van der Waals surface area contributed by atoms with Crippen LogP contribution in [0, 0.1) is 0 Å². The largest absolute Gasteiger partial charge is 0.481 e. The second-order valence-electron chi connectivity index (χ2n) is 8.26. The Hall–Kier alpha value is -3.39. The number of carbonyl (C=O) groups excluding carboxylic acids is 2. The van der Waals surface area contributed by atoms with Gasteiger partial charge in [0.15, 0.2) is 0 Å². The van der Waals surface area contributed by atoms with E-state index in [1.54, 1.807) is 6.92 Å². The van der Waals surface area contributed by atoms with Crippen molar-refractivity contribution in [2.45, 2.75) is 51.2 Å². The van der Waals surface area contributed by atoms with Gasteiger partial charge in [-0.3, -0.25) is 9.59 Å². The highest BCUT2D eigenvalue weighted by molar-refractivity contribution is 5.79. The van der Waals surface area contributed by atoms with E-state index in [2.05, 4.69) is 34.9 Å². The third-order valence-electron chi connectivity index (χ3n) is 5.91. The van der Waals surface area contributed by atoms with E-state index in [1.807, 2.05) is 31.2 Å². The number of fused-ring (bicyclic) bond motifs is 3. The van der Waals surface area contributed by atoms with E-state index in [-0.39, 0.29) is 37.8 Å². The summed E-state index contributed by atoms with van der Waals surface area (Å²) in [5.74, 6) is -1.32. The van der Waals surface area contributed by atoms with Crippen LogP contribution in [0.5, 0.6) is 0 Å². The average molecular weight is 469 g/mol. The Morgan fingerprint density at radius 2 is 1.59 bits per heavy atom. The topological polar surface area (TPSA) is 114 Å². The maximum absolute atomic E-state index is 12.4. The van der Waals surface area contributed by atoms with Crippen LogP contribution in [-0.4, -0.2) is 55.0 Å². The molecule has 3 N–H and O–H groups in total. The van der Waals surface area contributed by atoms with Gasteiger partial charge in [-0.15, -0.1) is 0 Å². The summed E-state index contributed by atoms with van der Waals surface area (Å²) in [5.41, 5.74) is 4.57. The predicted molar refractivity (Wildman–Crippen MR) is 128 cm³/mol. The van der Waals surface area contributed by atoms with Gasteiger partial charge in [-0.2, -0.15) is 0 Å². The van der Waals surface area contributed by atoms with Gasteiger partial charge >= 0.3 is 12.1 Å². The SMILES string of the molecule is CCOC(CNC(=O)OCC1c2ccccc2-c2ccccc21)CC(=O)NC(CC)CC(=O)O. The van der Waals surface area contributed by atoms with E-state index in [0.717, 1.165) is 22.3 Å². The van der Waals surface area contributed by atoms with Gasteiger partial charge in [-0.1, -0.05) is 55.5 Å². The lowest BCUT2D eigenvalue weighted by atomic mass is 9.98. The zero-order valence-corrected chi connectivity index (χ0v) is 19.6. The molecule has 1 aliphatic rings. The van der Waals surface area contributed by atoms with Crippen LogP contribution in [0.1, 0.15) is 50.2 Å². The number of aliphatic carboxylic acids is 1. The highest BCUT2D eigenvalue weighted by atomic mass is 16.5. The summed E-state index contributed by atoms with van der Waals surface area (Å²) in [7, 11) is 0. The van der Waals surface area contributed by atoms with Crippen LogP contribution in [0.25, 0.3) is 11.1 Å². The third-order valence-corrected chi connectivity index (χ3v) is 5.91. The minimum atomic E-state index is -0.967. The van der Waals surface area contributed by atoms with Gasteiger partial charge < -0.3 is 25.2 Å². The van der Waals surface area contributed by atoms with Gasteiger partial charge in [0.2, 0.25) is 5.91 Å². The summed E-state index contributed by atoms with van der Waals surface area (Å²) in [6, 6.07) is 15.8. The van der Waals surface area contributed by atoms with Crippen molar-refractivity contribution in [1.29, 1.82) is 0 Å². The van der Waals surface area contributed by atoms with Crippen molar-refractivity contribution in [3.63, 3.8) is 0 Å². The lowest BCUT2D eigenvalue weighted by molar-refractivity contribution is -0.137. The molecule has 0 saturated carbocycles. The monoisotopic (exact) mass is 468 g/mol. The maximum Gasteiger partial charge on any atom is 0.407 e. The van der Waals surface area contributed by atoms with Gasteiger partial charge in [0, 0.05) is 25.1 Å². The molecule has 0 heterocycles. The van der Waals surface area contributed by atoms with Crippen molar-refractivity contribution in [1.82, 2.24) is 10.6 Å². The maximum atomic E-state index is 12.4. The molecule has 3 rings (SSSR count). The second kappa shape index (κ2) is 12.2. The molecule has 0 spiro atoms. The van der Waals surface area contributed by atoms with E-state index in [0.29, 0.717) is 13.0 Å². The minimum absolute atomic E-state index is 0.00755. The molecule has 34 heavy (non-hydrogen) atoms. The number of carboxylic acids is 1. The number of ether oxygens (including phenoxy) is 2. The number of rotatable bonds is 12. The van der Waals surface area contributed by atoms with Crippen LogP contribution in [0.15, 0.2) is 48.5 Å². The van der Waals surface area contributed by atoms with Crippen molar-refractivity contribution in [2.75, 3.05) is 19.8 Å². The van der Waals surface area contributed by atoms with Crippen molar-refractivity contribution in [2.24, 2.45) is 0 Å². The number of nitrogens with one attached hydrogen (secondary N) is 2. The summed E-state index contributed by atoms with van der Waals surface area (Å²) in [6.07, 6.45) is -0.750. The number of benzene rings is 2. The lowest BCUT2D eigenvalue weighted by Crippen LogP contribution is -2.41. The molecule has 0 saturated heterocycles. The van der Waals surface area contributed by atoms with Gasteiger partial charge in [0.1, 0.15) is 6.61 Å². The van der Waals surface area contributed by atoms with Crippen LogP contribution in [0.2, 0.25) is 0 Å². The molecule has 0 aromatic heterocycles. The fourth-order valence-corrected chi connectivity index (χ4v) is 4.27. The fraction of sp³-hybridized carbons (Fsp3) is 0.423. The van der Waals surface area contributed by atoms with E-state index in [1.165, 1.54) is 0 Å². The first-order valence-electron chi connectivity index (χ1n) is 11.6. The number of hydrogen-bond donors (Lipinski definition) is 3. The summed E-state index contributed by atoms with van der Waals surface area (Å²) < 4.78 is 11.1. The number of carboxylic acid groups (broad SMARTS) is 1. The van der Waals surface area contributed by atoms with E-state index < -0.39 is 24.2 Å². The third kappa shape index (κ3) is 6.57. The molecular formula is C26H32N2O6. The molecule has 2 unspecified atom stereocenters. The molecule has 2 aromatic carbocycles. The molecule has 0 bridgehead atoms. The zero-order chi connectivity index (χ0) is 24.5. The molecule has 8 nitrogen and oxygen atoms in total. The number of hydrogen-bond acceptors (Lipinski definition) is 5. The van der Waals surface area contributed by atoms with Gasteiger partial charge in [-0.25, -0.2) is 4.79 Å². The van der Waals surface area contributed by atoms with Crippen LogP contribution in [-0.2, 0) is 19.1 Å². The molecule has 0 fully saturated rings. The highest BCUT2D eigenvalue weighted by Gasteiger charge is 2.29. The average Bonchev–Trinajstić information content (AvgIpc) is 3.14. The number of amides is 2. The Labute approximate surface area is 199 Å². The van der Waals surface area contributed by atoms with Crippen molar-refractivity contribution in [3.8, 4) is 11.1 Å². The van der Waals surface area contributed by atoms with Crippen LogP contribution in [0.4, 0.5) is 4.79 Å². The quantitative estimate of drug-likeness (QED) is 0.438. The Morgan fingerprint density at radius 3 is 2.15 bits per heavy atom. The first-order chi connectivity index (χ1) is 16.4. The lowest BCUT2D eigenvalue weighted by Gasteiger charge is -2.20. The van der Waals surface area contributed by atoms with Gasteiger partial charge in [0.05, 0.1) is 18.9 Å². The summed E-state index contributed by atoms with van der Waals surface area (Å²) in [5, 5.41) is 14.3. The highest BCUT2D eigenvalue weighted by Crippen LogP contribution is 2.44. The first-order valence-corrected chi connectivity index (χ1v) is 11.6. The van der Waals surface area contributed by atoms with Crippen molar-refractivity contribution >= 4 is 18.0 Å². The molecule has 2 amide bonds. The normalized spacial score (nSPS) is 13.9. The summed E-state index contributed by atoms with van der Waals surface area (Å²) >= 11 is 0. The first kappa shape index (κ1) is 25.2. The van der Waals surface area contributed by atoms with E-state index in [4.69, 9.17) is 14.6 Å². The summed E-state index contributed by atoms with van der Waals surface area (Å²) in [6.45, 7) is 4.29. The number of carbonyl (C=O) groups is 3. The smallest absolute Gasteiger partial charge is 0.407 e. The van der Waals surface area contributed by atoms with E-state index in [9.17, 15) is 14.4 Å². The minimum Gasteiger partial charge on any atom is -0.481 e. The van der Waals surface area contributed by atoms with Crippen molar-refractivity contribution in [3.05, 3.63) is 59.7 Å². The molecule has 1 aliphatic carbocycles. The Balaban J connectivity index is 1.51. The van der Waals surface area contributed by atoms with Crippen LogP contribution in [0.3, 0.4) is 0 Å². The summed E-state index contributed by atoms with van der Waals surface area (Å²) in [4.78, 5) is 35.6. The molecule has 8 heteroatoms. The standard InChI is InChI=1S/C26H32N2O6/c1-3-17(13-25(30)31)28-24(29)14-18(33-4-2)15-27-26(32)34-16-23-21-11-7-5-9-19(21)20-10-6-8-12-22(20)23/h5-12,17-18,23H,3-4,13-16H2,1-2H3,(H,27,32)(H,28,29)(H,30,31). The Bertz CT molecular complexity index is 963. The van der Waals surface area contributed by atoms with Crippen molar-refractivity contribution < 1.29 is 29.0 Å². The molecule has 0 aliphatic heterocycles. The second-order valence-corrected chi connectivity index (χ2v) is 8.26. The fourth-order valence-electron chi connectivity index (χ4n) is 4.27. The molecular weight excluding hydrogens is 436 g/mol.